The highest BCUT2D eigenvalue weighted by atomic mass is 32.1. The zero-order valence-corrected chi connectivity index (χ0v) is 17.6. The fourth-order valence-electron chi connectivity index (χ4n) is 3.66. The number of hydrogen-bond acceptors (Lipinski definition) is 8. The molecule has 3 heterocycles. The Bertz CT molecular complexity index is 944. The van der Waals surface area contributed by atoms with Crippen LogP contribution in [-0.4, -0.2) is 46.5 Å². The Morgan fingerprint density at radius 1 is 1.17 bits per heavy atom. The number of ether oxygens (including phenoxy) is 1. The first-order chi connectivity index (χ1) is 14.7. The van der Waals surface area contributed by atoms with Crippen molar-refractivity contribution in [3.63, 3.8) is 0 Å². The van der Waals surface area contributed by atoms with Gasteiger partial charge >= 0.3 is 0 Å². The summed E-state index contributed by atoms with van der Waals surface area (Å²) >= 11 is 1.43. The molecule has 30 heavy (non-hydrogen) atoms. The Hall–Kier alpha value is -2.91. The molecular formula is C21H24N6O2S. The van der Waals surface area contributed by atoms with Crippen LogP contribution < -0.4 is 10.2 Å². The summed E-state index contributed by atoms with van der Waals surface area (Å²) in [5, 5.41) is 20.9. The molecule has 0 bridgehead atoms. The van der Waals surface area contributed by atoms with Gasteiger partial charge in [0.15, 0.2) is 11.9 Å². The van der Waals surface area contributed by atoms with Gasteiger partial charge in [0.05, 0.1) is 0 Å². The van der Waals surface area contributed by atoms with Gasteiger partial charge in [0, 0.05) is 32.8 Å². The summed E-state index contributed by atoms with van der Waals surface area (Å²) in [5.74, 6) is 1.23. The summed E-state index contributed by atoms with van der Waals surface area (Å²) in [6.07, 6.45) is 4.02. The Kier molecular flexibility index (Phi) is 6.60. The lowest BCUT2D eigenvalue weighted by Gasteiger charge is -2.32. The van der Waals surface area contributed by atoms with Crippen LogP contribution in [0.3, 0.4) is 0 Å². The van der Waals surface area contributed by atoms with Crippen LogP contribution in [0.2, 0.25) is 0 Å². The van der Waals surface area contributed by atoms with E-state index in [1.165, 1.54) is 18.4 Å². The first-order valence-corrected chi connectivity index (χ1v) is 10.8. The molecule has 1 aliphatic heterocycles. The molecule has 4 rings (SSSR count). The van der Waals surface area contributed by atoms with Crippen molar-refractivity contribution < 1.29 is 9.53 Å². The molecule has 0 radical (unpaired) electrons. The molecule has 0 unspecified atom stereocenters. The lowest BCUT2D eigenvalue weighted by Crippen LogP contribution is -2.34. The molecule has 0 aliphatic carbocycles. The van der Waals surface area contributed by atoms with Crippen LogP contribution in [0.5, 0.6) is 0 Å². The van der Waals surface area contributed by atoms with E-state index >= 15 is 0 Å². The zero-order chi connectivity index (χ0) is 20.8. The van der Waals surface area contributed by atoms with E-state index < -0.39 is 6.10 Å². The Labute approximate surface area is 179 Å². The van der Waals surface area contributed by atoms with Crippen LogP contribution in [-0.2, 0) is 16.0 Å². The van der Waals surface area contributed by atoms with Crippen LogP contribution in [0, 0.1) is 5.92 Å². The molecule has 9 heteroatoms. The Morgan fingerprint density at radius 3 is 2.67 bits per heavy atom. The van der Waals surface area contributed by atoms with E-state index in [4.69, 9.17) is 4.74 Å². The van der Waals surface area contributed by atoms with E-state index in [-0.39, 0.29) is 5.91 Å². The maximum absolute atomic E-state index is 12.6. The normalized spacial score (nSPS) is 15.7. The van der Waals surface area contributed by atoms with Crippen molar-refractivity contribution >= 4 is 28.2 Å². The second-order valence-corrected chi connectivity index (χ2v) is 8.30. The number of methoxy groups -OCH3 is 1. The Morgan fingerprint density at radius 2 is 1.97 bits per heavy atom. The number of nitrogens with zero attached hydrogens (tertiary/aromatic N) is 5. The van der Waals surface area contributed by atoms with Crippen LogP contribution in [0.25, 0.3) is 0 Å². The first-order valence-electron chi connectivity index (χ1n) is 9.96. The third-order valence-electron chi connectivity index (χ3n) is 5.23. The third-order valence-corrected chi connectivity index (χ3v) is 6.09. The molecule has 1 aromatic carbocycles. The van der Waals surface area contributed by atoms with Crippen LogP contribution in [0.4, 0.5) is 10.9 Å². The minimum atomic E-state index is -0.677. The van der Waals surface area contributed by atoms with Gasteiger partial charge in [-0.05, 0) is 36.5 Å². The average Bonchev–Trinajstić information content (AvgIpc) is 3.23. The largest absolute Gasteiger partial charge is 0.367 e. The van der Waals surface area contributed by atoms with E-state index in [2.05, 4.69) is 30.6 Å². The highest BCUT2D eigenvalue weighted by Gasteiger charge is 2.24. The number of rotatable bonds is 7. The molecule has 3 aromatic rings. The van der Waals surface area contributed by atoms with Gasteiger partial charge in [0.2, 0.25) is 5.13 Å². The summed E-state index contributed by atoms with van der Waals surface area (Å²) < 4.78 is 5.38. The van der Waals surface area contributed by atoms with Crippen molar-refractivity contribution in [3.8, 4) is 0 Å². The predicted molar refractivity (Wildman–Crippen MR) is 115 cm³/mol. The van der Waals surface area contributed by atoms with Crippen molar-refractivity contribution in [2.24, 2.45) is 5.92 Å². The summed E-state index contributed by atoms with van der Waals surface area (Å²) in [6, 6.07) is 13.3. The molecular weight excluding hydrogens is 400 g/mol. The highest BCUT2D eigenvalue weighted by Crippen LogP contribution is 2.27. The summed E-state index contributed by atoms with van der Waals surface area (Å²) in [7, 11) is 1.52. The van der Waals surface area contributed by atoms with Gasteiger partial charge in [0.25, 0.3) is 5.91 Å². The molecule has 1 N–H and O–H groups in total. The number of carbonyl (C=O) groups excluding carboxylic acids is 1. The van der Waals surface area contributed by atoms with E-state index in [0.29, 0.717) is 11.0 Å². The van der Waals surface area contributed by atoms with Gasteiger partial charge < -0.3 is 9.64 Å². The smallest absolute Gasteiger partial charge is 0.259 e. The number of hydrogen-bond donors (Lipinski definition) is 1. The quantitative estimate of drug-likeness (QED) is 0.623. The Balaban J connectivity index is 1.30. The number of anilines is 2. The molecule has 156 valence electrons. The van der Waals surface area contributed by atoms with E-state index in [1.54, 1.807) is 6.20 Å². The number of carbonyl (C=O) groups is 1. The predicted octanol–water partition coefficient (Wildman–Crippen LogP) is 3.11. The van der Waals surface area contributed by atoms with Crippen LogP contribution in [0.1, 0.15) is 29.5 Å². The van der Waals surface area contributed by atoms with Gasteiger partial charge in [-0.3, -0.25) is 10.1 Å². The number of piperidine rings is 1. The van der Waals surface area contributed by atoms with Crippen molar-refractivity contribution in [1.29, 1.82) is 0 Å². The number of aromatic nitrogens is 4. The fourth-order valence-corrected chi connectivity index (χ4v) is 4.51. The molecule has 1 saturated heterocycles. The number of amides is 1. The van der Waals surface area contributed by atoms with E-state index in [0.717, 1.165) is 48.7 Å². The third kappa shape index (κ3) is 4.98. The van der Waals surface area contributed by atoms with Gasteiger partial charge in [-0.2, -0.15) is 5.10 Å². The zero-order valence-electron chi connectivity index (χ0n) is 16.8. The van der Waals surface area contributed by atoms with E-state index in [9.17, 15) is 4.79 Å². The van der Waals surface area contributed by atoms with Crippen molar-refractivity contribution in [1.82, 2.24) is 20.4 Å². The number of benzene rings is 1. The van der Waals surface area contributed by atoms with Gasteiger partial charge in [-0.15, -0.1) is 15.3 Å². The number of nitrogens with one attached hydrogen (secondary N) is 1. The molecule has 0 spiro atoms. The van der Waals surface area contributed by atoms with Crippen molar-refractivity contribution in [2.75, 3.05) is 30.4 Å². The SMILES string of the molecule is CO[C@H](C(=O)Nc1nnc(CC2CCN(c3cccnn3)CC2)s1)c1ccccc1. The fraction of sp³-hybridized carbons (Fsp3) is 0.381. The first kappa shape index (κ1) is 20.4. The summed E-state index contributed by atoms with van der Waals surface area (Å²) in [4.78, 5) is 14.9. The second-order valence-electron chi connectivity index (χ2n) is 7.23. The standard InChI is InChI=1S/C21H24N6O2S/c1-29-19(16-6-3-2-4-7-16)20(28)23-21-26-25-18(30-21)14-15-9-12-27(13-10-15)17-8-5-11-22-24-17/h2-8,11,15,19H,9-10,12-14H2,1H3,(H,23,26,28)/t19-/m0/s1. The second kappa shape index (κ2) is 9.73. The minimum Gasteiger partial charge on any atom is -0.367 e. The van der Waals surface area contributed by atoms with Crippen LogP contribution >= 0.6 is 11.3 Å². The molecule has 1 atom stereocenters. The van der Waals surface area contributed by atoms with E-state index in [1.807, 2.05) is 42.5 Å². The molecule has 0 saturated carbocycles. The van der Waals surface area contributed by atoms with Gasteiger partial charge in [-0.25, -0.2) is 0 Å². The van der Waals surface area contributed by atoms with Gasteiger partial charge in [0.1, 0.15) is 5.01 Å². The molecule has 1 aliphatic rings. The maximum Gasteiger partial charge on any atom is 0.259 e. The van der Waals surface area contributed by atoms with Gasteiger partial charge in [-0.1, -0.05) is 41.7 Å². The lowest BCUT2D eigenvalue weighted by molar-refractivity contribution is -0.126. The average molecular weight is 425 g/mol. The molecule has 8 nitrogen and oxygen atoms in total. The van der Waals surface area contributed by atoms with Crippen molar-refractivity contribution in [3.05, 3.63) is 59.2 Å². The molecule has 2 aromatic heterocycles. The molecule has 1 fully saturated rings. The lowest BCUT2D eigenvalue weighted by atomic mass is 9.94. The molecule has 1 amide bonds. The monoisotopic (exact) mass is 424 g/mol. The van der Waals surface area contributed by atoms with Crippen molar-refractivity contribution in [2.45, 2.75) is 25.4 Å². The minimum absolute atomic E-state index is 0.247. The summed E-state index contributed by atoms with van der Waals surface area (Å²) in [6.45, 7) is 1.91. The van der Waals surface area contributed by atoms with Crippen LogP contribution in [0.15, 0.2) is 48.7 Å². The topological polar surface area (TPSA) is 93.1 Å². The summed E-state index contributed by atoms with van der Waals surface area (Å²) in [5.41, 5.74) is 0.803. The highest BCUT2D eigenvalue weighted by molar-refractivity contribution is 7.15. The maximum atomic E-state index is 12.6.